The second-order valence-corrected chi connectivity index (χ2v) is 4.83. The molecule has 0 radical (unpaired) electrons. The summed E-state index contributed by atoms with van der Waals surface area (Å²) in [7, 11) is 0. The van der Waals surface area contributed by atoms with Crippen LogP contribution >= 0.6 is 0 Å². The molecule has 0 aromatic heterocycles. The van der Waals surface area contributed by atoms with Crippen molar-refractivity contribution in [3.8, 4) is 0 Å². The van der Waals surface area contributed by atoms with E-state index in [1.54, 1.807) is 0 Å². The number of alkyl halides is 3. The summed E-state index contributed by atoms with van der Waals surface area (Å²) < 4.78 is 37.2. The van der Waals surface area contributed by atoms with Crippen LogP contribution < -0.4 is 11.1 Å². The van der Waals surface area contributed by atoms with Crippen molar-refractivity contribution in [1.82, 2.24) is 5.32 Å². The average molecular weight is 288 g/mol. The van der Waals surface area contributed by atoms with Crippen LogP contribution in [0, 0.1) is 0 Å². The Morgan fingerprint density at radius 3 is 2.05 bits per heavy atom. The summed E-state index contributed by atoms with van der Waals surface area (Å²) in [5.41, 5.74) is 4.97. The van der Waals surface area contributed by atoms with Crippen LogP contribution in [0.15, 0.2) is 24.3 Å². The molecule has 0 aliphatic rings. The Labute approximate surface area is 116 Å². The summed E-state index contributed by atoms with van der Waals surface area (Å²) in [5.74, 6) is -0.421. The molecule has 6 heteroatoms. The molecular weight excluding hydrogens is 269 g/mol. The minimum Gasteiger partial charge on any atom is -0.350 e. The number of nitrogens with two attached hydrogens (primary N) is 1. The zero-order valence-corrected chi connectivity index (χ0v) is 11.6. The van der Waals surface area contributed by atoms with Gasteiger partial charge in [-0.15, -0.1) is 0 Å². The normalized spacial score (nSPS) is 12.3. The van der Waals surface area contributed by atoms with E-state index in [0.29, 0.717) is 19.4 Å². The van der Waals surface area contributed by atoms with Crippen LogP contribution in [0.25, 0.3) is 0 Å². The summed E-state index contributed by atoms with van der Waals surface area (Å²) >= 11 is 0. The first kappa shape index (κ1) is 16.5. The number of benzene rings is 1. The third-order valence-electron chi connectivity index (χ3n) is 3.48. The van der Waals surface area contributed by atoms with Crippen LogP contribution in [0.4, 0.5) is 13.2 Å². The predicted octanol–water partition coefficient (Wildman–Crippen LogP) is 2.95. The minimum absolute atomic E-state index is 0.188. The standard InChI is InChI=1S/C14H19F3N2O/c1-3-13(18,4-2)9-19-12(20)10-5-7-11(8-6-10)14(15,16)17/h5-8H,3-4,9,18H2,1-2H3,(H,19,20). The molecule has 1 aromatic carbocycles. The fourth-order valence-electron chi connectivity index (χ4n) is 1.67. The molecule has 0 aliphatic heterocycles. The minimum atomic E-state index is -4.40. The number of carbonyl (C=O) groups excluding carboxylic acids is 1. The van der Waals surface area contributed by atoms with Crippen molar-refractivity contribution in [3.05, 3.63) is 35.4 Å². The van der Waals surface area contributed by atoms with Gasteiger partial charge in [0.25, 0.3) is 5.91 Å². The fourth-order valence-corrected chi connectivity index (χ4v) is 1.67. The molecule has 0 unspecified atom stereocenters. The molecule has 1 rings (SSSR count). The molecule has 3 N–H and O–H groups in total. The Balaban J connectivity index is 2.70. The number of carbonyl (C=O) groups is 1. The van der Waals surface area contributed by atoms with Gasteiger partial charge in [0.15, 0.2) is 0 Å². The Kier molecular flexibility index (Phi) is 5.16. The van der Waals surface area contributed by atoms with Crippen molar-refractivity contribution in [1.29, 1.82) is 0 Å². The van der Waals surface area contributed by atoms with E-state index in [2.05, 4.69) is 5.32 Å². The second-order valence-electron chi connectivity index (χ2n) is 4.83. The summed E-state index contributed by atoms with van der Waals surface area (Å²) in [4.78, 5) is 11.8. The average Bonchev–Trinajstić information content (AvgIpc) is 2.43. The lowest BCUT2D eigenvalue weighted by Crippen LogP contribution is -2.49. The zero-order chi connectivity index (χ0) is 15.4. The third-order valence-corrected chi connectivity index (χ3v) is 3.48. The third kappa shape index (κ3) is 4.23. The maximum Gasteiger partial charge on any atom is 0.416 e. The molecule has 3 nitrogen and oxygen atoms in total. The zero-order valence-electron chi connectivity index (χ0n) is 11.6. The largest absolute Gasteiger partial charge is 0.416 e. The van der Waals surface area contributed by atoms with Crippen LogP contribution in [0.1, 0.15) is 42.6 Å². The first-order chi connectivity index (χ1) is 9.22. The summed E-state index contributed by atoms with van der Waals surface area (Å²) in [6, 6.07) is 4.11. The molecule has 0 spiro atoms. The van der Waals surface area contributed by atoms with Crippen molar-refractivity contribution in [2.24, 2.45) is 5.73 Å². The van der Waals surface area contributed by atoms with Crippen molar-refractivity contribution in [2.75, 3.05) is 6.54 Å². The molecule has 0 bridgehead atoms. The van der Waals surface area contributed by atoms with Crippen molar-refractivity contribution < 1.29 is 18.0 Å². The highest BCUT2D eigenvalue weighted by atomic mass is 19.4. The van der Waals surface area contributed by atoms with Crippen LogP contribution in [0.2, 0.25) is 0 Å². The number of nitrogens with one attached hydrogen (secondary N) is 1. The molecule has 20 heavy (non-hydrogen) atoms. The summed E-state index contributed by atoms with van der Waals surface area (Å²) in [5, 5.41) is 2.65. The highest BCUT2D eigenvalue weighted by molar-refractivity contribution is 5.94. The van der Waals surface area contributed by atoms with E-state index in [4.69, 9.17) is 5.73 Å². The topological polar surface area (TPSA) is 55.1 Å². The highest BCUT2D eigenvalue weighted by Gasteiger charge is 2.30. The predicted molar refractivity (Wildman–Crippen MR) is 71.3 cm³/mol. The molecule has 0 heterocycles. The van der Waals surface area contributed by atoms with Crippen LogP contribution in [-0.4, -0.2) is 18.0 Å². The summed E-state index contributed by atoms with van der Waals surface area (Å²) in [6.45, 7) is 4.14. The van der Waals surface area contributed by atoms with Gasteiger partial charge < -0.3 is 11.1 Å². The highest BCUT2D eigenvalue weighted by Crippen LogP contribution is 2.29. The van der Waals surface area contributed by atoms with E-state index in [9.17, 15) is 18.0 Å². The van der Waals surface area contributed by atoms with Crippen LogP contribution in [0.3, 0.4) is 0 Å². The van der Waals surface area contributed by atoms with Crippen molar-refractivity contribution in [2.45, 2.75) is 38.4 Å². The molecular formula is C14H19F3N2O. The van der Waals surface area contributed by atoms with E-state index in [0.717, 1.165) is 24.3 Å². The van der Waals surface area contributed by atoms with Gasteiger partial charge in [0.2, 0.25) is 0 Å². The number of rotatable bonds is 5. The number of amides is 1. The van der Waals surface area contributed by atoms with Gasteiger partial charge in [-0.25, -0.2) is 0 Å². The molecule has 0 atom stereocenters. The Hall–Kier alpha value is -1.56. The fraction of sp³-hybridized carbons (Fsp3) is 0.500. The van der Waals surface area contributed by atoms with Crippen LogP contribution in [-0.2, 0) is 6.18 Å². The van der Waals surface area contributed by atoms with E-state index in [-0.39, 0.29) is 5.56 Å². The van der Waals surface area contributed by atoms with E-state index >= 15 is 0 Å². The van der Waals surface area contributed by atoms with Gasteiger partial charge in [0, 0.05) is 17.6 Å². The van der Waals surface area contributed by atoms with E-state index in [1.165, 1.54) is 0 Å². The SMILES string of the molecule is CCC(N)(CC)CNC(=O)c1ccc(C(F)(F)F)cc1. The maximum absolute atomic E-state index is 12.4. The Morgan fingerprint density at radius 1 is 1.15 bits per heavy atom. The van der Waals surface area contributed by atoms with Gasteiger partial charge >= 0.3 is 6.18 Å². The number of hydrogen-bond acceptors (Lipinski definition) is 2. The Bertz CT molecular complexity index is 450. The maximum atomic E-state index is 12.4. The quantitative estimate of drug-likeness (QED) is 0.875. The van der Waals surface area contributed by atoms with Gasteiger partial charge in [-0.05, 0) is 37.1 Å². The van der Waals surface area contributed by atoms with E-state index in [1.807, 2.05) is 13.8 Å². The van der Waals surface area contributed by atoms with Gasteiger partial charge in [-0.3, -0.25) is 4.79 Å². The molecule has 0 saturated heterocycles. The van der Waals surface area contributed by atoms with Gasteiger partial charge in [-0.2, -0.15) is 13.2 Å². The smallest absolute Gasteiger partial charge is 0.350 e. The second kappa shape index (κ2) is 6.26. The first-order valence-corrected chi connectivity index (χ1v) is 6.46. The molecule has 1 amide bonds. The first-order valence-electron chi connectivity index (χ1n) is 6.46. The lowest BCUT2D eigenvalue weighted by molar-refractivity contribution is -0.137. The molecule has 1 aromatic rings. The van der Waals surface area contributed by atoms with Gasteiger partial charge in [0.05, 0.1) is 5.56 Å². The van der Waals surface area contributed by atoms with Crippen molar-refractivity contribution >= 4 is 5.91 Å². The van der Waals surface area contributed by atoms with Crippen molar-refractivity contribution in [3.63, 3.8) is 0 Å². The molecule has 112 valence electrons. The molecule has 0 aliphatic carbocycles. The number of hydrogen-bond donors (Lipinski definition) is 2. The Morgan fingerprint density at radius 2 is 1.65 bits per heavy atom. The molecule has 0 fully saturated rings. The van der Waals surface area contributed by atoms with Crippen LogP contribution in [0.5, 0.6) is 0 Å². The van der Waals surface area contributed by atoms with E-state index < -0.39 is 23.2 Å². The number of halogens is 3. The summed E-state index contributed by atoms with van der Waals surface area (Å²) in [6.07, 6.45) is -2.99. The molecule has 0 saturated carbocycles. The monoisotopic (exact) mass is 288 g/mol. The lowest BCUT2D eigenvalue weighted by atomic mass is 9.94. The van der Waals surface area contributed by atoms with Gasteiger partial charge in [0.1, 0.15) is 0 Å². The van der Waals surface area contributed by atoms with Gasteiger partial charge in [-0.1, -0.05) is 13.8 Å². The lowest BCUT2D eigenvalue weighted by Gasteiger charge is -2.26.